The van der Waals surface area contributed by atoms with Gasteiger partial charge in [0.05, 0.1) is 23.4 Å². The fourth-order valence-electron chi connectivity index (χ4n) is 2.99. The second-order valence-electron chi connectivity index (χ2n) is 7.29. The van der Waals surface area contributed by atoms with Gasteiger partial charge in [-0.1, -0.05) is 6.92 Å². The van der Waals surface area contributed by atoms with E-state index in [-0.39, 0.29) is 11.8 Å². The highest BCUT2D eigenvalue weighted by Gasteiger charge is 2.40. The first kappa shape index (κ1) is 17.9. The van der Waals surface area contributed by atoms with E-state index in [2.05, 4.69) is 0 Å². The number of hydrogen-bond donors (Lipinski definition) is 5. The zero-order valence-electron chi connectivity index (χ0n) is 13.0. The van der Waals surface area contributed by atoms with Crippen molar-refractivity contribution < 1.29 is 25.5 Å². The molecule has 0 heterocycles. The van der Waals surface area contributed by atoms with Gasteiger partial charge < -0.3 is 25.5 Å². The lowest BCUT2D eigenvalue weighted by Crippen LogP contribution is -2.47. The summed E-state index contributed by atoms with van der Waals surface area (Å²) in [6.45, 7) is 6.55. The van der Waals surface area contributed by atoms with Crippen molar-refractivity contribution in [3.63, 3.8) is 0 Å². The van der Waals surface area contributed by atoms with Crippen LogP contribution in [0.5, 0.6) is 0 Å². The minimum Gasteiger partial charge on any atom is -0.390 e. The molecule has 0 aromatic rings. The Bertz CT molecular complexity index is 310. The normalized spacial score (nSPS) is 36.5. The Kier molecular flexibility index (Phi) is 5.60. The monoisotopic (exact) mass is 290 g/mol. The van der Waals surface area contributed by atoms with Gasteiger partial charge >= 0.3 is 0 Å². The molecule has 5 nitrogen and oxygen atoms in total. The van der Waals surface area contributed by atoms with E-state index < -0.39 is 29.5 Å². The molecule has 1 aliphatic rings. The van der Waals surface area contributed by atoms with Crippen molar-refractivity contribution in [3.8, 4) is 0 Å². The van der Waals surface area contributed by atoms with Crippen LogP contribution in [0.3, 0.4) is 0 Å². The molecule has 120 valence electrons. The van der Waals surface area contributed by atoms with Crippen LogP contribution in [0.25, 0.3) is 0 Å². The van der Waals surface area contributed by atoms with Crippen LogP contribution in [0.1, 0.15) is 53.4 Å². The van der Waals surface area contributed by atoms with Crippen molar-refractivity contribution in [2.45, 2.75) is 82.9 Å². The highest BCUT2D eigenvalue weighted by Crippen LogP contribution is 2.37. The minimum atomic E-state index is -1.34. The summed E-state index contributed by atoms with van der Waals surface area (Å²) in [5.74, 6) is 0.307. The third-order valence-electron chi connectivity index (χ3n) is 4.77. The molecule has 0 amide bonds. The van der Waals surface area contributed by atoms with Crippen molar-refractivity contribution in [1.29, 1.82) is 0 Å². The summed E-state index contributed by atoms with van der Waals surface area (Å²) in [6.07, 6.45) is -0.750. The predicted molar refractivity (Wildman–Crippen MR) is 76.1 cm³/mol. The SMILES string of the molecule is C[C@H](C[C@@H](O)[C@H](O)C(C)(C)O)[C@H]1CC[C@@](C)(O)[C@@H](O)C1. The molecule has 1 rings (SSSR count). The first-order valence-corrected chi connectivity index (χ1v) is 7.44. The average Bonchev–Trinajstić information content (AvgIpc) is 2.30. The summed E-state index contributed by atoms with van der Waals surface area (Å²) in [6, 6.07) is 0. The molecule has 0 aliphatic heterocycles. The van der Waals surface area contributed by atoms with Crippen molar-refractivity contribution in [3.05, 3.63) is 0 Å². The lowest BCUT2D eigenvalue weighted by Gasteiger charge is -2.40. The Labute approximate surface area is 121 Å². The van der Waals surface area contributed by atoms with E-state index >= 15 is 0 Å². The molecule has 1 saturated carbocycles. The molecule has 0 aromatic carbocycles. The van der Waals surface area contributed by atoms with Crippen LogP contribution in [0.4, 0.5) is 0 Å². The Balaban J connectivity index is 2.53. The lowest BCUT2D eigenvalue weighted by molar-refractivity contribution is -0.121. The van der Waals surface area contributed by atoms with E-state index in [1.165, 1.54) is 13.8 Å². The molecule has 0 radical (unpaired) electrons. The van der Waals surface area contributed by atoms with Crippen LogP contribution in [0, 0.1) is 11.8 Å². The van der Waals surface area contributed by atoms with Crippen molar-refractivity contribution in [2.24, 2.45) is 11.8 Å². The van der Waals surface area contributed by atoms with Gasteiger partial charge in [-0.15, -0.1) is 0 Å². The summed E-state index contributed by atoms with van der Waals surface area (Å²) in [4.78, 5) is 0. The maximum atomic E-state index is 10.0. The van der Waals surface area contributed by atoms with E-state index in [0.717, 1.165) is 6.42 Å². The maximum Gasteiger partial charge on any atom is 0.108 e. The van der Waals surface area contributed by atoms with Gasteiger partial charge in [0, 0.05) is 0 Å². The standard InChI is InChI=1S/C15H30O5/c1-9(7-11(16)13(18)14(2,3)19)10-5-6-15(4,20)12(17)8-10/h9-13,16-20H,5-8H2,1-4H3/t9-,10+,11-,12+,13+,15-/m1/s1. The smallest absolute Gasteiger partial charge is 0.108 e. The maximum absolute atomic E-state index is 10.0. The van der Waals surface area contributed by atoms with Gasteiger partial charge in [-0.25, -0.2) is 0 Å². The molecule has 6 atom stereocenters. The number of rotatable bonds is 5. The third-order valence-corrected chi connectivity index (χ3v) is 4.77. The summed E-state index contributed by atoms with van der Waals surface area (Å²) >= 11 is 0. The third kappa shape index (κ3) is 4.40. The van der Waals surface area contributed by atoms with Gasteiger partial charge in [-0.05, 0) is 58.3 Å². The largest absolute Gasteiger partial charge is 0.390 e. The van der Waals surface area contributed by atoms with Gasteiger partial charge in [0.2, 0.25) is 0 Å². The summed E-state index contributed by atoms with van der Waals surface area (Å²) in [5, 5.41) is 49.4. The lowest BCUT2D eigenvalue weighted by atomic mass is 9.71. The van der Waals surface area contributed by atoms with Crippen LogP contribution >= 0.6 is 0 Å². The quantitative estimate of drug-likeness (QED) is 0.505. The Morgan fingerprint density at radius 3 is 2.30 bits per heavy atom. The molecular formula is C15H30O5. The molecule has 20 heavy (non-hydrogen) atoms. The van der Waals surface area contributed by atoms with Crippen LogP contribution < -0.4 is 0 Å². The number of aliphatic hydroxyl groups is 5. The molecule has 0 saturated heterocycles. The minimum absolute atomic E-state index is 0.104. The Hall–Kier alpha value is -0.200. The topological polar surface area (TPSA) is 101 Å². The van der Waals surface area contributed by atoms with Crippen LogP contribution in [-0.2, 0) is 0 Å². The van der Waals surface area contributed by atoms with Gasteiger partial charge in [0.1, 0.15) is 6.10 Å². The van der Waals surface area contributed by atoms with Gasteiger partial charge in [-0.3, -0.25) is 0 Å². The van der Waals surface area contributed by atoms with Gasteiger partial charge in [0.25, 0.3) is 0 Å². The molecule has 0 unspecified atom stereocenters. The fourth-order valence-corrected chi connectivity index (χ4v) is 2.99. The van der Waals surface area contributed by atoms with Crippen LogP contribution in [0.15, 0.2) is 0 Å². The summed E-state index contributed by atoms with van der Waals surface area (Å²) < 4.78 is 0. The molecule has 1 aliphatic carbocycles. The van der Waals surface area contributed by atoms with E-state index in [4.69, 9.17) is 0 Å². The van der Waals surface area contributed by atoms with Crippen molar-refractivity contribution in [1.82, 2.24) is 0 Å². The van der Waals surface area contributed by atoms with Gasteiger partial charge in [-0.2, -0.15) is 0 Å². The van der Waals surface area contributed by atoms with Crippen LogP contribution in [0.2, 0.25) is 0 Å². The van der Waals surface area contributed by atoms with E-state index in [1.54, 1.807) is 6.92 Å². The van der Waals surface area contributed by atoms with Crippen molar-refractivity contribution >= 4 is 0 Å². The predicted octanol–water partition coefficient (Wildman–Crippen LogP) is 0.417. The highest BCUT2D eigenvalue weighted by atomic mass is 16.4. The van der Waals surface area contributed by atoms with Gasteiger partial charge in [0.15, 0.2) is 0 Å². The molecule has 1 fully saturated rings. The molecule has 5 N–H and O–H groups in total. The van der Waals surface area contributed by atoms with E-state index in [0.29, 0.717) is 19.3 Å². The molecular weight excluding hydrogens is 260 g/mol. The first-order valence-electron chi connectivity index (χ1n) is 7.44. The Morgan fingerprint density at radius 1 is 1.30 bits per heavy atom. The fraction of sp³-hybridized carbons (Fsp3) is 1.00. The zero-order valence-corrected chi connectivity index (χ0v) is 13.0. The summed E-state index contributed by atoms with van der Waals surface area (Å²) in [5.41, 5.74) is -2.36. The Morgan fingerprint density at radius 2 is 1.85 bits per heavy atom. The summed E-state index contributed by atoms with van der Waals surface area (Å²) in [7, 11) is 0. The molecule has 0 aromatic heterocycles. The van der Waals surface area contributed by atoms with E-state index in [9.17, 15) is 25.5 Å². The second kappa shape index (κ2) is 6.28. The molecule has 0 bridgehead atoms. The van der Waals surface area contributed by atoms with E-state index in [1.807, 2.05) is 6.92 Å². The zero-order chi connectivity index (χ0) is 15.7. The average molecular weight is 290 g/mol. The number of hydrogen-bond acceptors (Lipinski definition) is 5. The second-order valence-corrected chi connectivity index (χ2v) is 7.29. The highest BCUT2D eigenvalue weighted by molar-refractivity contribution is 4.92. The first-order chi connectivity index (χ1) is 8.95. The molecule has 0 spiro atoms. The van der Waals surface area contributed by atoms with Crippen molar-refractivity contribution in [2.75, 3.05) is 0 Å². The molecule has 5 heteroatoms. The van der Waals surface area contributed by atoms with Crippen LogP contribution in [-0.4, -0.2) is 55.0 Å². The number of aliphatic hydroxyl groups excluding tert-OH is 3.